The average molecular weight is 346 g/mol. The molecule has 2 fully saturated rings. The highest BCUT2D eigenvalue weighted by molar-refractivity contribution is 7.85. The van der Waals surface area contributed by atoms with E-state index < -0.39 is 10.8 Å². The lowest BCUT2D eigenvalue weighted by atomic mass is 10.3. The molecule has 2 aliphatic rings. The molecular formula is C18H18O5S. The summed E-state index contributed by atoms with van der Waals surface area (Å²) >= 11 is 0. The number of hydrogen-bond donors (Lipinski definition) is 0. The molecule has 2 saturated heterocycles. The van der Waals surface area contributed by atoms with Gasteiger partial charge < -0.3 is 18.9 Å². The van der Waals surface area contributed by atoms with E-state index in [1.807, 2.05) is 48.5 Å². The molecule has 0 aromatic heterocycles. The van der Waals surface area contributed by atoms with Crippen molar-refractivity contribution in [1.82, 2.24) is 0 Å². The van der Waals surface area contributed by atoms with E-state index in [9.17, 15) is 4.21 Å². The van der Waals surface area contributed by atoms with E-state index in [0.717, 1.165) is 13.2 Å². The van der Waals surface area contributed by atoms with Gasteiger partial charge in [-0.3, -0.25) is 0 Å². The third-order valence-corrected chi connectivity index (χ3v) is 5.23. The molecule has 6 heteroatoms. The highest BCUT2D eigenvalue weighted by Crippen LogP contribution is 2.32. The van der Waals surface area contributed by atoms with Crippen molar-refractivity contribution < 1.29 is 23.2 Å². The summed E-state index contributed by atoms with van der Waals surface area (Å²) < 4.78 is 35.0. The minimum absolute atomic E-state index is 0.153. The molecule has 2 aromatic rings. The van der Waals surface area contributed by atoms with Crippen LogP contribution in [0.4, 0.5) is 0 Å². The van der Waals surface area contributed by atoms with E-state index in [0.29, 0.717) is 34.5 Å². The van der Waals surface area contributed by atoms with Gasteiger partial charge in [0.1, 0.15) is 36.9 Å². The minimum atomic E-state index is -1.39. The first-order chi connectivity index (χ1) is 11.8. The molecule has 4 rings (SSSR count). The second kappa shape index (κ2) is 6.93. The maximum atomic E-state index is 13.1. The number of epoxide rings is 2. The Morgan fingerprint density at radius 3 is 1.67 bits per heavy atom. The van der Waals surface area contributed by atoms with Crippen LogP contribution in [0.15, 0.2) is 58.3 Å². The van der Waals surface area contributed by atoms with Gasteiger partial charge in [-0.05, 0) is 24.3 Å². The lowest BCUT2D eigenvalue weighted by molar-refractivity contribution is 0.257. The molecule has 2 aromatic carbocycles. The fraction of sp³-hybridized carbons (Fsp3) is 0.333. The molecule has 2 heterocycles. The van der Waals surface area contributed by atoms with Crippen LogP contribution in [0.5, 0.6) is 11.5 Å². The van der Waals surface area contributed by atoms with Gasteiger partial charge in [-0.1, -0.05) is 24.3 Å². The molecule has 0 bridgehead atoms. The molecule has 2 unspecified atom stereocenters. The monoisotopic (exact) mass is 346 g/mol. The third kappa shape index (κ3) is 3.77. The maximum absolute atomic E-state index is 13.1. The van der Waals surface area contributed by atoms with Crippen molar-refractivity contribution in [2.45, 2.75) is 22.0 Å². The van der Waals surface area contributed by atoms with E-state index in [-0.39, 0.29) is 12.2 Å². The van der Waals surface area contributed by atoms with Crippen LogP contribution in [0.25, 0.3) is 0 Å². The van der Waals surface area contributed by atoms with Gasteiger partial charge in [-0.25, -0.2) is 4.21 Å². The molecule has 126 valence electrons. The average Bonchev–Trinajstić information content (AvgIpc) is 3.53. The van der Waals surface area contributed by atoms with Crippen LogP contribution < -0.4 is 9.47 Å². The fourth-order valence-electron chi connectivity index (χ4n) is 2.26. The zero-order valence-corrected chi connectivity index (χ0v) is 13.9. The summed E-state index contributed by atoms with van der Waals surface area (Å²) in [4.78, 5) is 1.27. The summed E-state index contributed by atoms with van der Waals surface area (Å²) in [7, 11) is -1.39. The zero-order valence-electron chi connectivity index (χ0n) is 13.1. The molecule has 0 spiro atoms. The Hall–Kier alpha value is -1.89. The van der Waals surface area contributed by atoms with Gasteiger partial charge in [0, 0.05) is 0 Å². The Labute approximate surface area is 142 Å². The first kappa shape index (κ1) is 15.6. The predicted octanol–water partition coefficient (Wildman–Crippen LogP) is 2.41. The predicted molar refractivity (Wildman–Crippen MR) is 88.0 cm³/mol. The Kier molecular flexibility index (Phi) is 4.51. The van der Waals surface area contributed by atoms with Crippen LogP contribution in [0, 0.1) is 0 Å². The Bertz CT molecular complexity index is 678. The summed E-state index contributed by atoms with van der Waals surface area (Å²) in [6.45, 7) is 2.41. The lowest BCUT2D eigenvalue weighted by Crippen LogP contribution is -2.08. The van der Waals surface area contributed by atoms with Crippen LogP contribution in [-0.2, 0) is 20.3 Å². The van der Waals surface area contributed by atoms with Gasteiger partial charge in [-0.2, -0.15) is 0 Å². The van der Waals surface area contributed by atoms with Crippen molar-refractivity contribution in [2.75, 3.05) is 26.4 Å². The number of ether oxygens (including phenoxy) is 4. The van der Waals surface area contributed by atoms with Crippen molar-refractivity contribution in [3.63, 3.8) is 0 Å². The van der Waals surface area contributed by atoms with Crippen LogP contribution in [0.3, 0.4) is 0 Å². The van der Waals surface area contributed by atoms with Crippen LogP contribution in [0.1, 0.15) is 0 Å². The van der Waals surface area contributed by atoms with E-state index in [1.165, 1.54) is 0 Å². The summed E-state index contributed by atoms with van der Waals surface area (Å²) in [5, 5.41) is 0. The van der Waals surface area contributed by atoms with E-state index in [4.69, 9.17) is 18.9 Å². The fourth-order valence-corrected chi connectivity index (χ4v) is 3.52. The summed E-state index contributed by atoms with van der Waals surface area (Å²) in [6.07, 6.45) is 0.307. The third-order valence-electron chi connectivity index (χ3n) is 3.75. The normalized spacial score (nSPS) is 22.7. The molecule has 2 atom stereocenters. The smallest absolute Gasteiger partial charge is 0.135 e. The van der Waals surface area contributed by atoms with Gasteiger partial charge in [-0.15, -0.1) is 0 Å². The number of rotatable bonds is 8. The van der Waals surface area contributed by atoms with Crippen LogP contribution in [-0.4, -0.2) is 42.8 Å². The zero-order chi connectivity index (χ0) is 16.4. The van der Waals surface area contributed by atoms with E-state index in [1.54, 1.807) is 0 Å². The first-order valence-corrected chi connectivity index (χ1v) is 9.05. The number of benzene rings is 2. The topological polar surface area (TPSA) is 60.6 Å². The first-order valence-electron chi connectivity index (χ1n) is 7.90. The van der Waals surface area contributed by atoms with Crippen molar-refractivity contribution in [2.24, 2.45) is 0 Å². The maximum Gasteiger partial charge on any atom is 0.135 e. The lowest BCUT2D eigenvalue weighted by Gasteiger charge is -2.13. The van der Waals surface area contributed by atoms with Gasteiger partial charge in [0.2, 0.25) is 0 Å². The van der Waals surface area contributed by atoms with Gasteiger partial charge in [0.05, 0.1) is 33.8 Å². The highest BCUT2D eigenvalue weighted by atomic mass is 32.2. The molecular weight excluding hydrogens is 328 g/mol. The minimum Gasteiger partial charge on any atom is -0.490 e. The summed E-state index contributed by atoms with van der Waals surface area (Å²) in [5.74, 6) is 1.23. The van der Waals surface area contributed by atoms with Gasteiger partial charge in [0.25, 0.3) is 0 Å². The van der Waals surface area contributed by atoms with E-state index >= 15 is 0 Å². The van der Waals surface area contributed by atoms with Crippen molar-refractivity contribution in [3.05, 3.63) is 48.5 Å². The molecule has 0 radical (unpaired) electrons. The highest BCUT2D eigenvalue weighted by Gasteiger charge is 2.26. The molecule has 0 amide bonds. The summed E-state index contributed by atoms with van der Waals surface area (Å²) in [6, 6.07) is 14.8. The molecule has 0 aliphatic carbocycles. The molecule has 2 aliphatic heterocycles. The number of hydrogen-bond acceptors (Lipinski definition) is 5. The van der Waals surface area contributed by atoms with Crippen molar-refractivity contribution >= 4 is 10.8 Å². The Morgan fingerprint density at radius 1 is 0.833 bits per heavy atom. The molecule has 5 nitrogen and oxygen atoms in total. The van der Waals surface area contributed by atoms with Crippen LogP contribution >= 0.6 is 0 Å². The summed E-state index contributed by atoms with van der Waals surface area (Å²) in [5.41, 5.74) is 0. The van der Waals surface area contributed by atoms with Gasteiger partial charge >= 0.3 is 0 Å². The second-order valence-corrected chi connectivity index (χ2v) is 7.11. The number of para-hydroxylation sites is 2. The quantitative estimate of drug-likeness (QED) is 0.687. The SMILES string of the molecule is O=S(c1ccccc1OCC1CO1)c1ccccc1OCC1CO1. The largest absolute Gasteiger partial charge is 0.490 e. The Morgan fingerprint density at radius 2 is 1.25 bits per heavy atom. The van der Waals surface area contributed by atoms with Crippen molar-refractivity contribution in [1.29, 1.82) is 0 Å². The second-order valence-electron chi connectivity index (χ2n) is 5.69. The standard InChI is InChI=1S/C18H18O5S/c19-24(17-7-3-1-5-15(17)22-11-13-9-20-13)18-8-4-2-6-16(18)23-12-14-10-21-14/h1-8,13-14H,9-12H2. The molecule has 0 saturated carbocycles. The molecule has 0 N–H and O–H groups in total. The molecule has 24 heavy (non-hydrogen) atoms. The Balaban J connectivity index is 1.56. The van der Waals surface area contributed by atoms with Crippen molar-refractivity contribution in [3.8, 4) is 11.5 Å². The van der Waals surface area contributed by atoms with Crippen LogP contribution in [0.2, 0.25) is 0 Å². The van der Waals surface area contributed by atoms with Gasteiger partial charge in [0.15, 0.2) is 0 Å². The van der Waals surface area contributed by atoms with E-state index in [2.05, 4.69) is 0 Å².